The topological polar surface area (TPSA) is 55.1 Å². The van der Waals surface area contributed by atoms with Gasteiger partial charge in [0.15, 0.2) is 0 Å². The summed E-state index contributed by atoms with van der Waals surface area (Å²) in [5, 5.41) is 2.92. The minimum absolute atomic E-state index is 0.0194. The molecule has 0 aromatic heterocycles. The standard InChI is InChI=1S/C16H17BrN2O/c17-15-3-1-2-14(8-15)9-16(20)19-11-13-6-4-12(10-18)5-7-13/h1-8H,9-11,18H2,(H,19,20). The van der Waals surface area contributed by atoms with Crippen molar-refractivity contribution in [3.8, 4) is 0 Å². The Morgan fingerprint density at radius 2 is 1.75 bits per heavy atom. The van der Waals surface area contributed by atoms with Gasteiger partial charge < -0.3 is 11.1 Å². The summed E-state index contributed by atoms with van der Waals surface area (Å²) in [6.07, 6.45) is 0.389. The molecule has 3 nitrogen and oxygen atoms in total. The zero-order valence-electron chi connectivity index (χ0n) is 11.1. The minimum atomic E-state index is 0.0194. The number of hydrogen-bond donors (Lipinski definition) is 2. The van der Waals surface area contributed by atoms with Crippen LogP contribution in [0.1, 0.15) is 16.7 Å². The first-order valence-electron chi connectivity index (χ1n) is 6.46. The van der Waals surface area contributed by atoms with Crippen molar-refractivity contribution in [2.45, 2.75) is 19.5 Å². The summed E-state index contributed by atoms with van der Waals surface area (Å²) in [6, 6.07) is 15.7. The van der Waals surface area contributed by atoms with Crippen LogP contribution in [0.5, 0.6) is 0 Å². The van der Waals surface area contributed by atoms with E-state index in [0.717, 1.165) is 21.2 Å². The van der Waals surface area contributed by atoms with E-state index in [1.165, 1.54) is 0 Å². The van der Waals surface area contributed by atoms with Gasteiger partial charge in [-0.25, -0.2) is 0 Å². The number of rotatable bonds is 5. The molecule has 2 aromatic rings. The number of amides is 1. The van der Waals surface area contributed by atoms with Crippen LogP contribution in [0, 0.1) is 0 Å². The number of nitrogens with two attached hydrogens (primary N) is 1. The molecule has 0 radical (unpaired) electrons. The summed E-state index contributed by atoms with van der Waals surface area (Å²) >= 11 is 3.40. The molecule has 0 heterocycles. The third kappa shape index (κ3) is 4.47. The largest absolute Gasteiger partial charge is 0.352 e. The molecule has 0 aliphatic heterocycles. The van der Waals surface area contributed by atoms with Crippen molar-refractivity contribution in [3.05, 3.63) is 69.7 Å². The molecule has 4 heteroatoms. The molecule has 104 valence electrons. The molecule has 0 aliphatic rings. The maximum absolute atomic E-state index is 11.9. The van der Waals surface area contributed by atoms with E-state index >= 15 is 0 Å². The van der Waals surface area contributed by atoms with Crippen molar-refractivity contribution >= 4 is 21.8 Å². The van der Waals surface area contributed by atoms with Crippen LogP contribution in [-0.2, 0) is 24.3 Å². The summed E-state index contributed by atoms with van der Waals surface area (Å²) in [6.45, 7) is 1.08. The van der Waals surface area contributed by atoms with Crippen LogP contribution in [0.2, 0.25) is 0 Å². The van der Waals surface area contributed by atoms with E-state index in [1.54, 1.807) is 0 Å². The normalized spacial score (nSPS) is 10.3. The highest BCUT2D eigenvalue weighted by atomic mass is 79.9. The maximum Gasteiger partial charge on any atom is 0.224 e. The lowest BCUT2D eigenvalue weighted by atomic mass is 10.1. The van der Waals surface area contributed by atoms with Gasteiger partial charge in [-0.15, -0.1) is 0 Å². The summed E-state index contributed by atoms with van der Waals surface area (Å²) in [7, 11) is 0. The van der Waals surface area contributed by atoms with E-state index in [2.05, 4.69) is 21.2 Å². The number of halogens is 1. The predicted molar refractivity (Wildman–Crippen MR) is 84.0 cm³/mol. The fourth-order valence-corrected chi connectivity index (χ4v) is 2.34. The van der Waals surface area contributed by atoms with Crippen LogP contribution in [0.15, 0.2) is 53.0 Å². The Labute approximate surface area is 127 Å². The van der Waals surface area contributed by atoms with Crippen LogP contribution < -0.4 is 11.1 Å². The van der Waals surface area contributed by atoms with Crippen LogP contribution >= 0.6 is 15.9 Å². The molecule has 0 atom stereocenters. The van der Waals surface area contributed by atoms with Gasteiger partial charge in [-0.3, -0.25) is 4.79 Å². The van der Waals surface area contributed by atoms with Gasteiger partial charge in [0.05, 0.1) is 6.42 Å². The number of nitrogens with one attached hydrogen (secondary N) is 1. The molecule has 0 saturated carbocycles. The average Bonchev–Trinajstić information content (AvgIpc) is 2.46. The smallest absolute Gasteiger partial charge is 0.224 e. The van der Waals surface area contributed by atoms with Crippen LogP contribution in [0.3, 0.4) is 0 Å². The van der Waals surface area contributed by atoms with E-state index in [-0.39, 0.29) is 5.91 Å². The van der Waals surface area contributed by atoms with E-state index < -0.39 is 0 Å². The molecular weight excluding hydrogens is 316 g/mol. The molecule has 0 spiro atoms. The molecular formula is C16H17BrN2O. The highest BCUT2D eigenvalue weighted by Crippen LogP contribution is 2.12. The first-order chi connectivity index (χ1) is 9.67. The van der Waals surface area contributed by atoms with E-state index in [1.807, 2.05) is 48.5 Å². The number of carbonyl (C=O) groups is 1. The summed E-state index contributed by atoms with van der Waals surface area (Å²) < 4.78 is 0.986. The highest BCUT2D eigenvalue weighted by Gasteiger charge is 2.03. The molecule has 20 heavy (non-hydrogen) atoms. The number of carbonyl (C=O) groups excluding carboxylic acids is 1. The lowest BCUT2D eigenvalue weighted by Crippen LogP contribution is -2.24. The Hall–Kier alpha value is -1.65. The van der Waals surface area contributed by atoms with Crippen LogP contribution in [-0.4, -0.2) is 5.91 Å². The Morgan fingerprint density at radius 1 is 1.05 bits per heavy atom. The molecule has 0 bridgehead atoms. The van der Waals surface area contributed by atoms with Gasteiger partial charge in [-0.1, -0.05) is 52.3 Å². The van der Waals surface area contributed by atoms with Gasteiger partial charge in [-0.2, -0.15) is 0 Å². The predicted octanol–water partition coefficient (Wildman–Crippen LogP) is 2.77. The third-order valence-corrected chi connectivity index (χ3v) is 3.50. The van der Waals surface area contributed by atoms with Crippen molar-refractivity contribution in [2.24, 2.45) is 5.73 Å². The van der Waals surface area contributed by atoms with Gasteiger partial charge in [0.2, 0.25) is 5.91 Å². The summed E-state index contributed by atoms with van der Waals surface area (Å²) in [5.74, 6) is 0.0194. The monoisotopic (exact) mass is 332 g/mol. The zero-order valence-corrected chi connectivity index (χ0v) is 12.7. The maximum atomic E-state index is 11.9. The fraction of sp³-hybridized carbons (Fsp3) is 0.188. The second-order valence-electron chi connectivity index (χ2n) is 4.60. The highest BCUT2D eigenvalue weighted by molar-refractivity contribution is 9.10. The summed E-state index contributed by atoms with van der Waals surface area (Å²) in [4.78, 5) is 11.9. The number of hydrogen-bond acceptors (Lipinski definition) is 2. The fourth-order valence-electron chi connectivity index (χ4n) is 1.89. The lowest BCUT2D eigenvalue weighted by Gasteiger charge is -2.06. The van der Waals surface area contributed by atoms with Crippen molar-refractivity contribution in [3.63, 3.8) is 0 Å². The lowest BCUT2D eigenvalue weighted by molar-refractivity contribution is -0.120. The van der Waals surface area contributed by atoms with E-state index in [0.29, 0.717) is 19.5 Å². The van der Waals surface area contributed by atoms with Crippen molar-refractivity contribution in [2.75, 3.05) is 0 Å². The zero-order chi connectivity index (χ0) is 14.4. The molecule has 1 amide bonds. The third-order valence-electron chi connectivity index (χ3n) is 3.00. The Morgan fingerprint density at radius 3 is 2.40 bits per heavy atom. The average molecular weight is 333 g/mol. The van der Waals surface area contributed by atoms with Gasteiger partial charge >= 0.3 is 0 Å². The van der Waals surface area contributed by atoms with Gasteiger partial charge in [0.1, 0.15) is 0 Å². The molecule has 0 aliphatic carbocycles. The molecule has 0 unspecified atom stereocenters. The summed E-state index contributed by atoms with van der Waals surface area (Å²) in [5.41, 5.74) is 8.71. The van der Waals surface area contributed by atoms with Crippen molar-refractivity contribution < 1.29 is 4.79 Å². The Balaban J connectivity index is 1.85. The van der Waals surface area contributed by atoms with Gasteiger partial charge in [0, 0.05) is 17.6 Å². The first kappa shape index (κ1) is 14.8. The Bertz CT molecular complexity index is 581. The molecule has 2 rings (SSSR count). The second kappa shape index (κ2) is 7.22. The molecule has 3 N–H and O–H groups in total. The minimum Gasteiger partial charge on any atom is -0.352 e. The van der Waals surface area contributed by atoms with Crippen molar-refractivity contribution in [1.82, 2.24) is 5.32 Å². The van der Waals surface area contributed by atoms with Crippen molar-refractivity contribution in [1.29, 1.82) is 0 Å². The first-order valence-corrected chi connectivity index (χ1v) is 7.25. The molecule has 0 saturated heterocycles. The SMILES string of the molecule is NCc1ccc(CNC(=O)Cc2cccc(Br)c2)cc1. The van der Waals surface area contributed by atoms with E-state index in [4.69, 9.17) is 5.73 Å². The number of benzene rings is 2. The van der Waals surface area contributed by atoms with Crippen LogP contribution in [0.4, 0.5) is 0 Å². The quantitative estimate of drug-likeness (QED) is 0.884. The molecule has 0 fully saturated rings. The van der Waals surface area contributed by atoms with Gasteiger partial charge in [-0.05, 0) is 28.8 Å². The second-order valence-corrected chi connectivity index (χ2v) is 5.52. The van der Waals surface area contributed by atoms with Gasteiger partial charge in [0.25, 0.3) is 0 Å². The van der Waals surface area contributed by atoms with E-state index in [9.17, 15) is 4.79 Å². The van der Waals surface area contributed by atoms with Crippen LogP contribution in [0.25, 0.3) is 0 Å². The Kier molecular flexibility index (Phi) is 5.32. The molecule has 2 aromatic carbocycles.